The molecule has 0 aliphatic rings. The number of aromatic amines is 1. The number of hydrogen-bond donors (Lipinski definition) is 1. The first-order chi connectivity index (χ1) is 26.9. The summed E-state index contributed by atoms with van der Waals surface area (Å²) in [5.74, 6) is 1.24. The third-order valence-electron chi connectivity index (χ3n) is 10.1. The number of fused-ring (bicyclic) bond motifs is 1. The summed E-state index contributed by atoms with van der Waals surface area (Å²) in [6, 6.07) is 45.7. The number of nitrogens with zero attached hydrogens (tertiary/aromatic N) is 5. The van der Waals surface area contributed by atoms with E-state index >= 15 is 0 Å². The number of imidazole rings is 1. The summed E-state index contributed by atoms with van der Waals surface area (Å²) in [7, 11) is 0. The largest absolute Gasteiger partial charge is 0.573 e. The average molecular weight is 737 g/mol. The Morgan fingerprint density at radius 1 is 0.655 bits per heavy atom. The van der Waals surface area contributed by atoms with Crippen LogP contribution in [0.1, 0.15) is 51.6 Å². The molecule has 1 N–H and O–H groups in total. The Morgan fingerprint density at radius 2 is 1.29 bits per heavy atom. The van der Waals surface area contributed by atoms with E-state index in [1.165, 1.54) is 23.1 Å². The SMILES string of the molecule is FC(F)(F)Oc1cccc(Cc2nnc(CCc3c[nH]c4ccccc34)n2CCCc2cn(C(c3ccccc3)(c3ccccc3)c3ccccc3)cn2)c1. The molecule has 5 aromatic carbocycles. The maximum Gasteiger partial charge on any atom is 0.573 e. The van der Waals surface area contributed by atoms with Crippen molar-refractivity contribution in [1.82, 2.24) is 29.3 Å². The molecule has 0 aliphatic carbocycles. The number of rotatable bonds is 14. The van der Waals surface area contributed by atoms with Crippen molar-refractivity contribution in [3.63, 3.8) is 0 Å². The van der Waals surface area contributed by atoms with Gasteiger partial charge in [0.25, 0.3) is 0 Å². The first kappa shape index (κ1) is 35.6. The van der Waals surface area contributed by atoms with Crippen LogP contribution in [0.5, 0.6) is 5.75 Å². The number of H-pyrrole nitrogens is 1. The zero-order valence-corrected chi connectivity index (χ0v) is 30.0. The first-order valence-corrected chi connectivity index (χ1v) is 18.4. The van der Waals surface area contributed by atoms with Crippen LogP contribution in [0.4, 0.5) is 13.2 Å². The van der Waals surface area contributed by atoms with Gasteiger partial charge in [0.05, 0.1) is 12.0 Å². The minimum atomic E-state index is -4.77. The molecule has 0 fully saturated rings. The average Bonchev–Trinajstić information content (AvgIpc) is 3.95. The van der Waals surface area contributed by atoms with Crippen LogP contribution in [0.3, 0.4) is 0 Å². The van der Waals surface area contributed by atoms with Crippen molar-refractivity contribution in [2.24, 2.45) is 0 Å². The number of halogens is 3. The van der Waals surface area contributed by atoms with Crippen molar-refractivity contribution in [2.75, 3.05) is 0 Å². The summed E-state index contributed by atoms with van der Waals surface area (Å²) < 4.78 is 47.6. The molecule has 8 rings (SSSR count). The number of aryl methyl sites for hydroxylation is 3. The lowest BCUT2D eigenvalue weighted by Crippen LogP contribution is -2.36. The van der Waals surface area contributed by atoms with E-state index in [0.29, 0.717) is 37.2 Å². The summed E-state index contributed by atoms with van der Waals surface area (Å²) >= 11 is 0. The Labute approximate surface area is 317 Å². The van der Waals surface area contributed by atoms with Crippen LogP contribution >= 0.6 is 0 Å². The van der Waals surface area contributed by atoms with Crippen LogP contribution in [-0.4, -0.2) is 35.7 Å². The first-order valence-electron chi connectivity index (χ1n) is 18.4. The number of alkyl halides is 3. The molecule has 3 aromatic heterocycles. The van der Waals surface area contributed by atoms with Gasteiger partial charge in [0.1, 0.15) is 22.9 Å². The summed E-state index contributed by atoms with van der Waals surface area (Å²) in [4.78, 5) is 8.29. The van der Waals surface area contributed by atoms with Crippen molar-refractivity contribution in [3.05, 3.63) is 203 Å². The van der Waals surface area contributed by atoms with E-state index < -0.39 is 11.9 Å². The summed E-state index contributed by atoms with van der Waals surface area (Å²) in [5.41, 5.74) is 6.57. The zero-order valence-electron chi connectivity index (χ0n) is 30.0. The number of nitrogens with one attached hydrogen (secondary N) is 1. The Morgan fingerprint density at radius 3 is 1.96 bits per heavy atom. The molecule has 55 heavy (non-hydrogen) atoms. The maximum absolute atomic E-state index is 13.0. The number of ether oxygens (including phenoxy) is 1. The van der Waals surface area contributed by atoms with Gasteiger partial charge in [-0.3, -0.25) is 0 Å². The summed E-state index contributed by atoms with van der Waals surface area (Å²) in [6.45, 7) is 0.609. The summed E-state index contributed by atoms with van der Waals surface area (Å²) in [5, 5.41) is 10.3. The molecule has 0 saturated carbocycles. The quantitative estimate of drug-likeness (QED) is 0.113. The van der Waals surface area contributed by atoms with Crippen LogP contribution < -0.4 is 4.74 Å². The van der Waals surface area contributed by atoms with Gasteiger partial charge in [0.2, 0.25) is 0 Å². The van der Waals surface area contributed by atoms with Gasteiger partial charge in [-0.15, -0.1) is 23.4 Å². The second kappa shape index (κ2) is 15.5. The molecule has 0 aliphatic heterocycles. The molecule has 276 valence electrons. The molecule has 7 nitrogen and oxygen atoms in total. The van der Waals surface area contributed by atoms with E-state index in [9.17, 15) is 13.2 Å². The zero-order chi connectivity index (χ0) is 37.7. The van der Waals surface area contributed by atoms with Crippen molar-refractivity contribution in [2.45, 2.75) is 50.6 Å². The lowest BCUT2D eigenvalue weighted by Gasteiger charge is -2.37. The fraction of sp³-hybridized carbons (Fsp3) is 0.178. The van der Waals surface area contributed by atoms with Crippen molar-refractivity contribution >= 4 is 10.9 Å². The number of hydrogen-bond acceptors (Lipinski definition) is 4. The summed E-state index contributed by atoms with van der Waals surface area (Å²) in [6.07, 6.45) is 4.47. The molecular formula is C45H39F3N6O. The van der Waals surface area contributed by atoms with E-state index in [0.717, 1.165) is 46.6 Å². The van der Waals surface area contributed by atoms with Gasteiger partial charge in [-0.05, 0) is 65.3 Å². The minimum absolute atomic E-state index is 0.260. The molecule has 0 unspecified atom stereocenters. The predicted octanol–water partition coefficient (Wildman–Crippen LogP) is 9.70. The molecule has 0 spiro atoms. The fourth-order valence-electron chi connectivity index (χ4n) is 7.65. The molecule has 10 heteroatoms. The molecule has 8 aromatic rings. The Hall–Kier alpha value is -6.42. The highest BCUT2D eigenvalue weighted by atomic mass is 19.4. The van der Waals surface area contributed by atoms with Crippen molar-refractivity contribution in [3.8, 4) is 5.75 Å². The Bertz CT molecular complexity index is 2370. The van der Waals surface area contributed by atoms with Gasteiger partial charge in [-0.25, -0.2) is 4.98 Å². The molecule has 0 radical (unpaired) electrons. The van der Waals surface area contributed by atoms with Crippen molar-refractivity contribution < 1.29 is 17.9 Å². The van der Waals surface area contributed by atoms with Gasteiger partial charge in [-0.2, -0.15) is 0 Å². The van der Waals surface area contributed by atoms with E-state index in [1.807, 2.05) is 42.9 Å². The lowest BCUT2D eigenvalue weighted by atomic mass is 9.77. The minimum Gasteiger partial charge on any atom is -0.406 e. The smallest absolute Gasteiger partial charge is 0.406 e. The standard InChI is InChI=1S/C45H39F3N6O/c46-45(47,48)55-39-22-12-14-33(28-39)29-43-52-51-42(26-25-34-30-49-41-24-11-10-23-40(34)41)54(43)27-13-21-38-31-53(32-50-38)44(35-15-4-1-5-16-35,36-17-6-2-7-18-36)37-19-8-3-9-20-37/h1-12,14-20,22-24,28,30-32,49H,13,21,25-27,29H2. The van der Waals surface area contributed by atoms with Crippen LogP contribution in [-0.2, 0) is 37.8 Å². The van der Waals surface area contributed by atoms with E-state index in [1.54, 1.807) is 12.1 Å². The van der Waals surface area contributed by atoms with Gasteiger partial charge in [-0.1, -0.05) is 121 Å². The number of para-hydroxylation sites is 1. The molecule has 0 bridgehead atoms. The topological polar surface area (TPSA) is 73.6 Å². The molecule has 0 amide bonds. The van der Waals surface area contributed by atoms with Crippen LogP contribution in [0.25, 0.3) is 10.9 Å². The predicted molar refractivity (Wildman–Crippen MR) is 207 cm³/mol. The highest BCUT2D eigenvalue weighted by Crippen LogP contribution is 2.41. The normalized spacial score (nSPS) is 12.0. The number of benzene rings is 5. The Balaban J connectivity index is 1.08. The lowest BCUT2D eigenvalue weighted by molar-refractivity contribution is -0.274. The van der Waals surface area contributed by atoms with Crippen LogP contribution in [0.15, 0.2) is 158 Å². The Kier molecular flexibility index (Phi) is 10.0. The highest BCUT2D eigenvalue weighted by Gasteiger charge is 2.38. The molecular weight excluding hydrogens is 698 g/mol. The van der Waals surface area contributed by atoms with Gasteiger partial charge >= 0.3 is 6.36 Å². The molecule has 0 saturated heterocycles. The fourth-order valence-corrected chi connectivity index (χ4v) is 7.65. The monoisotopic (exact) mass is 736 g/mol. The number of aromatic nitrogens is 6. The van der Waals surface area contributed by atoms with Gasteiger partial charge < -0.3 is 18.9 Å². The second-order valence-electron chi connectivity index (χ2n) is 13.6. The molecule has 3 heterocycles. The highest BCUT2D eigenvalue weighted by molar-refractivity contribution is 5.83. The maximum atomic E-state index is 13.0. The third-order valence-corrected chi connectivity index (χ3v) is 10.1. The van der Waals surface area contributed by atoms with Gasteiger partial charge in [0.15, 0.2) is 0 Å². The van der Waals surface area contributed by atoms with Crippen molar-refractivity contribution in [1.29, 1.82) is 0 Å². The van der Waals surface area contributed by atoms with Crippen LogP contribution in [0.2, 0.25) is 0 Å². The van der Waals surface area contributed by atoms with E-state index in [2.05, 4.69) is 120 Å². The van der Waals surface area contributed by atoms with E-state index in [-0.39, 0.29) is 5.75 Å². The molecule has 0 atom stereocenters. The van der Waals surface area contributed by atoms with E-state index in [4.69, 9.17) is 4.98 Å². The third kappa shape index (κ3) is 7.66. The van der Waals surface area contributed by atoms with Crippen LogP contribution in [0, 0.1) is 0 Å². The van der Waals surface area contributed by atoms with Gasteiger partial charge in [0, 0.05) is 42.7 Å². The second-order valence-corrected chi connectivity index (χ2v) is 13.6.